The van der Waals surface area contributed by atoms with Crippen LogP contribution in [-0.2, 0) is 4.79 Å². The molecule has 1 amide bonds. The molecule has 2 unspecified atom stereocenters. The van der Waals surface area contributed by atoms with E-state index >= 15 is 0 Å². The first kappa shape index (κ1) is 9.93. The molecule has 0 aromatic carbocycles. The van der Waals surface area contributed by atoms with Gasteiger partial charge in [-0.05, 0) is 26.2 Å². The van der Waals surface area contributed by atoms with E-state index in [0.717, 1.165) is 13.0 Å². The van der Waals surface area contributed by atoms with Gasteiger partial charge in [-0.15, -0.1) is 0 Å². The van der Waals surface area contributed by atoms with Gasteiger partial charge in [-0.3, -0.25) is 4.79 Å². The average Bonchev–Trinajstić information content (AvgIpc) is 2.92. The van der Waals surface area contributed by atoms with Crippen molar-refractivity contribution in [2.24, 2.45) is 0 Å². The van der Waals surface area contributed by atoms with E-state index in [1.165, 1.54) is 12.8 Å². The first-order valence-corrected chi connectivity index (χ1v) is 5.39. The van der Waals surface area contributed by atoms with E-state index in [9.17, 15) is 4.79 Å². The van der Waals surface area contributed by atoms with Gasteiger partial charge in [0.05, 0.1) is 18.7 Å². The molecule has 80 valence electrons. The molecule has 0 radical (unpaired) electrons. The molecule has 2 aliphatic rings. The number of nitrogens with one attached hydrogen (secondary N) is 1. The number of nitrogens with zero attached hydrogens (tertiary/aromatic N) is 1. The summed E-state index contributed by atoms with van der Waals surface area (Å²) in [6.45, 7) is 2.73. The molecule has 0 aromatic heterocycles. The molecule has 1 heterocycles. The van der Waals surface area contributed by atoms with Gasteiger partial charge < -0.3 is 15.3 Å². The van der Waals surface area contributed by atoms with E-state index < -0.39 is 0 Å². The lowest BCUT2D eigenvalue weighted by Crippen LogP contribution is -2.43. The number of likely N-dealkylation sites (tertiary alicyclic amines) is 1. The predicted molar refractivity (Wildman–Crippen MR) is 52.8 cm³/mol. The fourth-order valence-corrected chi connectivity index (χ4v) is 1.93. The highest BCUT2D eigenvalue weighted by molar-refractivity contribution is 5.84. The molecule has 2 fully saturated rings. The Morgan fingerprint density at radius 3 is 2.86 bits per heavy atom. The number of aliphatic hydroxyl groups is 1. The van der Waals surface area contributed by atoms with Crippen LogP contribution in [0.2, 0.25) is 0 Å². The Morgan fingerprint density at radius 1 is 1.57 bits per heavy atom. The molecule has 0 bridgehead atoms. The molecule has 0 aromatic rings. The van der Waals surface area contributed by atoms with E-state index in [-0.39, 0.29) is 24.6 Å². The number of amides is 1. The number of rotatable bonds is 4. The lowest BCUT2D eigenvalue weighted by molar-refractivity contribution is -0.131. The van der Waals surface area contributed by atoms with E-state index in [0.29, 0.717) is 6.04 Å². The Labute approximate surface area is 84.3 Å². The number of aliphatic hydroxyl groups excluding tert-OH is 1. The number of carbonyl (C=O) groups excluding carboxylic acids is 1. The maximum Gasteiger partial charge on any atom is 0.240 e. The summed E-state index contributed by atoms with van der Waals surface area (Å²) in [6.07, 6.45) is 3.30. The Morgan fingerprint density at radius 2 is 2.29 bits per heavy atom. The second-order valence-corrected chi connectivity index (χ2v) is 4.35. The van der Waals surface area contributed by atoms with E-state index in [4.69, 9.17) is 5.11 Å². The molecule has 2 rings (SSSR count). The summed E-state index contributed by atoms with van der Waals surface area (Å²) >= 11 is 0. The predicted octanol–water partition coefficient (Wildman–Crippen LogP) is -0.280. The summed E-state index contributed by atoms with van der Waals surface area (Å²) in [7, 11) is 0. The van der Waals surface area contributed by atoms with E-state index in [1.54, 1.807) is 4.90 Å². The van der Waals surface area contributed by atoms with Gasteiger partial charge in [0.25, 0.3) is 0 Å². The Kier molecular flexibility index (Phi) is 2.74. The van der Waals surface area contributed by atoms with Gasteiger partial charge in [0, 0.05) is 12.6 Å². The van der Waals surface area contributed by atoms with Crippen molar-refractivity contribution in [3.05, 3.63) is 0 Å². The topological polar surface area (TPSA) is 52.6 Å². The highest BCUT2D eigenvalue weighted by Crippen LogP contribution is 2.23. The van der Waals surface area contributed by atoms with Gasteiger partial charge in [-0.2, -0.15) is 0 Å². The minimum Gasteiger partial charge on any atom is -0.394 e. The van der Waals surface area contributed by atoms with Crippen LogP contribution < -0.4 is 5.32 Å². The Hall–Kier alpha value is -0.610. The van der Waals surface area contributed by atoms with Crippen molar-refractivity contribution in [3.8, 4) is 0 Å². The van der Waals surface area contributed by atoms with Crippen molar-refractivity contribution in [2.45, 2.75) is 44.3 Å². The zero-order chi connectivity index (χ0) is 10.1. The highest BCUT2D eigenvalue weighted by atomic mass is 16.3. The zero-order valence-corrected chi connectivity index (χ0v) is 8.57. The molecular formula is C10H18N2O2. The number of hydrogen-bond acceptors (Lipinski definition) is 3. The minimum atomic E-state index is -0.0338. The summed E-state index contributed by atoms with van der Waals surface area (Å²) in [4.78, 5) is 13.6. The highest BCUT2D eigenvalue weighted by Gasteiger charge is 2.37. The molecule has 4 nitrogen and oxygen atoms in total. The molecule has 1 saturated heterocycles. The molecule has 4 heteroatoms. The van der Waals surface area contributed by atoms with Gasteiger partial charge in [0.15, 0.2) is 0 Å². The maximum absolute atomic E-state index is 11.8. The summed E-state index contributed by atoms with van der Waals surface area (Å²) in [5.74, 6) is 0.165. The van der Waals surface area contributed by atoms with Crippen LogP contribution in [0.3, 0.4) is 0 Å². The zero-order valence-electron chi connectivity index (χ0n) is 8.57. The smallest absolute Gasteiger partial charge is 0.240 e. The normalized spacial score (nSPS) is 29.7. The first-order chi connectivity index (χ1) is 6.72. The SMILES string of the molecule is CC(CO)N1CCC(NC2CC2)C1=O. The molecule has 1 saturated carbocycles. The lowest BCUT2D eigenvalue weighted by Gasteiger charge is -2.22. The Balaban J connectivity index is 1.88. The van der Waals surface area contributed by atoms with Crippen molar-refractivity contribution in [1.29, 1.82) is 0 Å². The van der Waals surface area contributed by atoms with Gasteiger partial charge in [-0.1, -0.05) is 0 Å². The average molecular weight is 198 g/mol. The van der Waals surface area contributed by atoms with E-state index in [2.05, 4.69) is 5.32 Å². The second kappa shape index (κ2) is 3.87. The van der Waals surface area contributed by atoms with Crippen molar-refractivity contribution in [3.63, 3.8) is 0 Å². The monoisotopic (exact) mass is 198 g/mol. The number of carbonyl (C=O) groups is 1. The first-order valence-electron chi connectivity index (χ1n) is 5.39. The largest absolute Gasteiger partial charge is 0.394 e. The summed E-state index contributed by atoms with van der Waals surface area (Å²) in [5.41, 5.74) is 0. The molecule has 0 spiro atoms. The summed E-state index contributed by atoms with van der Waals surface area (Å²) in [6, 6.07) is 0.554. The number of hydrogen-bond donors (Lipinski definition) is 2. The van der Waals surface area contributed by atoms with Crippen molar-refractivity contribution in [1.82, 2.24) is 10.2 Å². The molecule has 2 N–H and O–H groups in total. The van der Waals surface area contributed by atoms with Crippen LogP contribution >= 0.6 is 0 Å². The molecule has 2 atom stereocenters. The third kappa shape index (κ3) is 1.91. The summed E-state index contributed by atoms with van der Waals surface area (Å²) < 4.78 is 0. The van der Waals surface area contributed by atoms with Crippen molar-refractivity contribution >= 4 is 5.91 Å². The third-order valence-corrected chi connectivity index (χ3v) is 3.05. The standard InChI is InChI=1S/C10H18N2O2/c1-7(6-13)12-5-4-9(10(12)14)11-8-2-3-8/h7-9,11,13H,2-6H2,1H3. The third-order valence-electron chi connectivity index (χ3n) is 3.05. The lowest BCUT2D eigenvalue weighted by atomic mass is 10.2. The van der Waals surface area contributed by atoms with Crippen LogP contribution in [0, 0.1) is 0 Å². The molecule has 1 aliphatic heterocycles. The van der Waals surface area contributed by atoms with Gasteiger partial charge in [-0.25, -0.2) is 0 Å². The maximum atomic E-state index is 11.8. The second-order valence-electron chi connectivity index (χ2n) is 4.35. The van der Waals surface area contributed by atoms with Crippen molar-refractivity contribution < 1.29 is 9.90 Å². The van der Waals surface area contributed by atoms with Crippen LogP contribution in [-0.4, -0.2) is 47.2 Å². The van der Waals surface area contributed by atoms with Gasteiger partial charge in [0.1, 0.15) is 0 Å². The van der Waals surface area contributed by atoms with Crippen LogP contribution in [0.25, 0.3) is 0 Å². The summed E-state index contributed by atoms with van der Waals surface area (Å²) in [5, 5.41) is 12.3. The Bertz CT molecular complexity index is 228. The van der Waals surface area contributed by atoms with Crippen LogP contribution in [0.1, 0.15) is 26.2 Å². The quantitative estimate of drug-likeness (QED) is 0.653. The minimum absolute atomic E-state index is 0.0106. The van der Waals surface area contributed by atoms with Gasteiger partial charge >= 0.3 is 0 Å². The molecule has 1 aliphatic carbocycles. The van der Waals surface area contributed by atoms with Crippen molar-refractivity contribution in [2.75, 3.05) is 13.2 Å². The van der Waals surface area contributed by atoms with E-state index in [1.807, 2.05) is 6.92 Å². The fraction of sp³-hybridized carbons (Fsp3) is 0.900. The van der Waals surface area contributed by atoms with Crippen LogP contribution in [0.4, 0.5) is 0 Å². The molecule has 14 heavy (non-hydrogen) atoms. The van der Waals surface area contributed by atoms with Crippen LogP contribution in [0.5, 0.6) is 0 Å². The fourth-order valence-electron chi connectivity index (χ4n) is 1.93. The van der Waals surface area contributed by atoms with Gasteiger partial charge in [0.2, 0.25) is 5.91 Å². The van der Waals surface area contributed by atoms with Crippen LogP contribution in [0.15, 0.2) is 0 Å². The molecular weight excluding hydrogens is 180 g/mol.